The van der Waals surface area contributed by atoms with Gasteiger partial charge in [0.05, 0.1) is 31.4 Å². The molecule has 2 aliphatic heterocycles. The first kappa shape index (κ1) is 24.1. The SMILES string of the molecule is CS/C(=N\S(=O)(=O)N1CCOCC1)N1CC(c2c(F)cccc2F)C(c2ccc(Cl)cc2)=N1. The highest BCUT2D eigenvalue weighted by atomic mass is 35.5. The third kappa shape index (κ3) is 5.22. The minimum atomic E-state index is -3.97. The van der Waals surface area contributed by atoms with Crippen molar-refractivity contribution in [3.63, 3.8) is 0 Å². The molecular formula is C21H21ClF2N4O3S2. The Hall–Kier alpha value is -2.05. The molecule has 0 amide bonds. The predicted octanol–water partition coefficient (Wildman–Crippen LogP) is 3.72. The zero-order valence-corrected chi connectivity index (χ0v) is 20.0. The number of rotatable bonds is 4. The lowest BCUT2D eigenvalue weighted by atomic mass is 9.90. The second-order valence-electron chi connectivity index (χ2n) is 7.33. The van der Waals surface area contributed by atoms with Gasteiger partial charge in [-0.25, -0.2) is 13.8 Å². The van der Waals surface area contributed by atoms with E-state index in [4.69, 9.17) is 16.3 Å². The van der Waals surface area contributed by atoms with Crippen LogP contribution < -0.4 is 0 Å². The lowest BCUT2D eigenvalue weighted by Crippen LogP contribution is -2.40. The Morgan fingerprint density at radius 2 is 1.79 bits per heavy atom. The van der Waals surface area contributed by atoms with Crippen molar-refractivity contribution in [1.82, 2.24) is 9.31 Å². The number of benzene rings is 2. The van der Waals surface area contributed by atoms with Gasteiger partial charge in [0.2, 0.25) is 0 Å². The van der Waals surface area contributed by atoms with Gasteiger partial charge in [0.15, 0.2) is 5.17 Å². The fourth-order valence-corrected chi connectivity index (χ4v) is 5.75. The molecule has 176 valence electrons. The topological polar surface area (TPSA) is 74.6 Å². The van der Waals surface area contributed by atoms with Crippen LogP contribution in [0.2, 0.25) is 5.02 Å². The second kappa shape index (κ2) is 10.1. The molecule has 2 heterocycles. The highest BCUT2D eigenvalue weighted by molar-refractivity contribution is 8.13. The molecule has 1 atom stereocenters. The van der Waals surface area contributed by atoms with E-state index in [9.17, 15) is 17.2 Å². The number of hydrogen-bond acceptors (Lipinski definition) is 5. The zero-order valence-electron chi connectivity index (χ0n) is 17.6. The number of halogens is 3. The standard InChI is InChI=1S/C21H21ClF2N4O3S2/c1-32-21(26-33(29,30)27-9-11-31-12-10-27)28-13-16(19-17(23)3-2-4-18(19)24)20(25-28)14-5-7-15(22)8-6-14/h2-8,16H,9-13H2,1H3/b26-21-. The zero-order chi connectivity index (χ0) is 23.6. The Balaban J connectivity index is 1.74. The minimum absolute atomic E-state index is 0.0219. The van der Waals surface area contributed by atoms with Crippen LogP contribution in [-0.2, 0) is 14.9 Å². The van der Waals surface area contributed by atoms with Gasteiger partial charge >= 0.3 is 10.2 Å². The smallest absolute Gasteiger partial charge is 0.324 e. The number of nitrogens with zero attached hydrogens (tertiary/aromatic N) is 4. The summed E-state index contributed by atoms with van der Waals surface area (Å²) < 4.78 is 65.5. The number of hydrazone groups is 1. The number of amidine groups is 1. The fourth-order valence-electron chi connectivity index (χ4n) is 3.70. The first-order valence-corrected chi connectivity index (χ1v) is 13.1. The molecule has 0 spiro atoms. The van der Waals surface area contributed by atoms with Gasteiger partial charge in [-0.05, 0) is 36.1 Å². The molecule has 0 radical (unpaired) electrons. The molecule has 33 heavy (non-hydrogen) atoms. The number of hydrogen-bond donors (Lipinski definition) is 0. The molecule has 4 rings (SSSR count). The summed E-state index contributed by atoms with van der Waals surface area (Å²) in [6.07, 6.45) is 1.67. The molecule has 2 aromatic rings. The summed E-state index contributed by atoms with van der Waals surface area (Å²) in [6.45, 7) is 1.01. The molecule has 0 N–H and O–H groups in total. The van der Waals surface area contributed by atoms with Crippen LogP contribution in [0.4, 0.5) is 8.78 Å². The highest BCUT2D eigenvalue weighted by Crippen LogP contribution is 2.33. The molecule has 7 nitrogen and oxygen atoms in total. The van der Waals surface area contributed by atoms with Crippen molar-refractivity contribution in [1.29, 1.82) is 0 Å². The maximum Gasteiger partial charge on any atom is 0.324 e. The van der Waals surface area contributed by atoms with E-state index >= 15 is 0 Å². The normalized spacial score (nSPS) is 20.2. The fraction of sp³-hybridized carbons (Fsp3) is 0.333. The van der Waals surface area contributed by atoms with Crippen molar-refractivity contribution >= 4 is 44.5 Å². The van der Waals surface area contributed by atoms with Gasteiger partial charge in [-0.15, -0.1) is 4.40 Å². The van der Waals surface area contributed by atoms with Crippen LogP contribution in [0.3, 0.4) is 0 Å². The van der Waals surface area contributed by atoms with E-state index < -0.39 is 27.8 Å². The molecule has 12 heteroatoms. The summed E-state index contributed by atoms with van der Waals surface area (Å²) in [5.74, 6) is -2.19. The maximum atomic E-state index is 14.7. The largest absolute Gasteiger partial charge is 0.379 e. The third-order valence-electron chi connectivity index (χ3n) is 5.30. The monoisotopic (exact) mass is 514 g/mol. The Bertz CT molecular complexity index is 1170. The first-order valence-electron chi connectivity index (χ1n) is 10.1. The maximum absolute atomic E-state index is 14.7. The van der Waals surface area contributed by atoms with E-state index in [1.807, 2.05) is 0 Å². The Morgan fingerprint density at radius 3 is 2.39 bits per heavy atom. The van der Waals surface area contributed by atoms with E-state index in [2.05, 4.69) is 9.50 Å². The van der Waals surface area contributed by atoms with Crippen LogP contribution >= 0.6 is 23.4 Å². The van der Waals surface area contributed by atoms with Gasteiger partial charge in [0.25, 0.3) is 0 Å². The molecular weight excluding hydrogens is 494 g/mol. The lowest BCUT2D eigenvalue weighted by Gasteiger charge is -2.24. The molecule has 2 aliphatic rings. The molecule has 0 aromatic heterocycles. The summed E-state index contributed by atoms with van der Waals surface area (Å²) in [7, 11) is -3.97. The Kier molecular flexibility index (Phi) is 7.34. The van der Waals surface area contributed by atoms with Gasteiger partial charge in [-0.3, -0.25) is 0 Å². The Labute approximate surface area is 200 Å². The van der Waals surface area contributed by atoms with Crippen LogP contribution in [0.5, 0.6) is 0 Å². The van der Waals surface area contributed by atoms with Crippen molar-refractivity contribution in [2.45, 2.75) is 5.92 Å². The number of thioether (sulfide) groups is 1. The van der Waals surface area contributed by atoms with Crippen molar-refractivity contribution in [3.8, 4) is 0 Å². The van der Waals surface area contributed by atoms with Crippen LogP contribution in [0.15, 0.2) is 52.0 Å². The van der Waals surface area contributed by atoms with Crippen LogP contribution in [-0.4, -0.2) is 67.7 Å². The molecule has 0 aliphatic carbocycles. The van der Waals surface area contributed by atoms with Crippen molar-refractivity contribution in [2.75, 3.05) is 39.1 Å². The number of morpholine rings is 1. The highest BCUT2D eigenvalue weighted by Gasteiger charge is 2.36. The Morgan fingerprint density at radius 1 is 1.15 bits per heavy atom. The van der Waals surface area contributed by atoms with Crippen LogP contribution in [0, 0.1) is 11.6 Å². The predicted molar refractivity (Wildman–Crippen MR) is 126 cm³/mol. The number of ether oxygens (including phenoxy) is 1. The summed E-state index contributed by atoms with van der Waals surface area (Å²) in [5.41, 5.74) is 0.873. The van der Waals surface area contributed by atoms with Crippen LogP contribution in [0.1, 0.15) is 17.0 Å². The van der Waals surface area contributed by atoms with E-state index in [-0.39, 0.29) is 30.4 Å². The van der Waals surface area contributed by atoms with Gasteiger partial charge in [-0.1, -0.05) is 41.6 Å². The average molecular weight is 515 g/mol. The van der Waals surface area contributed by atoms with Crippen LogP contribution in [0.25, 0.3) is 0 Å². The first-order chi connectivity index (χ1) is 15.8. The van der Waals surface area contributed by atoms with Crippen molar-refractivity contribution in [2.24, 2.45) is 9.50 Å². The molecule has 0 saturated carbocycles. The minimum Gasteiger partial charge on any atom is -0.379 e. The summed E-state index contributed by atoms with van der Waals surface area (Å²) in [4.78, 5) is 0. The quantitative estimate of drug-likeness (QED) is 0.459. The molecule has 2 aromatic carbocycles. The second-order valence-corrected chi connectivity index (χ2v) is 10.1. The molecule has 1 unspecified atom stereocenters. The van der Waals surface area contributed by atoms with Gasteiger partial charge in [-0.2, -0.15) is 17.8 Å². The van der Waals surface area contributed by atoms with E-state index in [1.54, 1.807) is 30.5 Å². The van der Waals surface area contributed by atoms with Crippen molar-refractivity contribution < 1.29 is 21.9 Å². The van der Waals surface area contributed by atoms with Crippen molar-refractivity contribution in [3.05, 3.63) is 70.2 Å². The van der Waals surface area contributed by atoms with Gasteiger partial charge < -0.3 is 4.74 Å². The molecule has 0 bridgehead atoms. The average Bonchev–Trinajstić information content (AvgIpc) is 3.23. The van der Waals surface area contributed by atoms with Gasteiger partial charge in [0.1, 0.15) is 11.6 Å². The van der Waals surface area contributed by atoms with Gasteiger partial charge in [0, 0.05) is 23.7 Å². The summed E-state index contributed by atoms with van der Waals surface area (Å²) in [6, 6.07) is 10.4. The molecule has 1 fully saturated rings. The van der Waals surface area contributed by atoms with E-state index in [0.29, 0.717) is 29.5 Å². The molecule has 1 saturated heterocycles. The lowest BCUT2D eigenvalue weighted by molar-refractivity contribution is 0.0730. The summed E-state index contributed by atoms with van der Waals surface area (Å²) in [5, 5.41) is 6.53. The summed E-state index contributed by atoms with van der Waals surface area (Å²) >= 11 is 7.08. The van der Waals surface area contributed by atoms with E-state index in [1.165, 1.54) is 27.5 Å². The van der Waals surface area contributed by atoms with E-state index in [0.717, 1.165) is 11.8 Å². The third-order valence-corrected chi connectivity index (χ3v) is 7.75.